The molecule has 0 bridgehead atoms. The number of hydrogen-bond donors (Lipinski definition) is 1. The molecule has 0 saturated heterocycles. The Labute approximate surface area is 105 Å². The molecule has 18 heavy (non-hydrogen) atoms. The maximum atomic E-state index is 10.8. The fourth-order valence-electron chi connectivity index (χ4n) is 1.48. The number of benzene rings is 1. The number of hydrogen-bond acceptors (Lipinski definition) is 5. The lowest BCUT2D eigenvalue weighted by Gasteiger charge is -2.07. The first-order valence-electron chi connectivity index (χ1n) is 5.75. The Morgan fingerprint density at radius 2 is 2.11 bits per heavy atom. The Balaban J connectivity index is 2.56. The average molecular weight is 255 g/mol. The molecule has 100 valence electrons. The van der Waals surface area contributed by atoms with E-state index in [0.717, 1.165) is 19.3 Å². The SMILES string of the molecule is COc1ccc(OCCCCCO)cc1[N+](=O)[O-]. The summed E-state index contributed by atoms with van der Waals surface area (Å²) in [6.45, 7) is 0.650. The number of nitrogens with zero attached hydrogens (tertiary/aromatic N) is 1. The van der Waals surface area contributed by atoms with Gasteiger partial charge in [-0.05, 0) is 31.4 Å². The molecule has 0 spiro atoms. The van der Waals surface area contributed by atoms with Gasteiger partial charge in [0.25, 0.3) is 0 Å². The number of unbranched alkanes of at least 4 members (excludes halogenated alkanes) is 2. The van der Waals surface area contributed by atoms with Gasteiger partial charge in [0, 0.05) is 6.61 Å². The smallest absolute Gasteiger partial charge is 0.314 e. The molecule has 0 unspecified atom stereocenters. The van der Waals surface area contributed by atoms with Gasteiger partial charge in [0.2, 0.25) is 0 Å². The van der Waals surface area contributed by atoms with Crippen LogP contribution in [-0.4, -0.2) is 30.4 Å². The Hall–Kier alpha value is -1.82. The molecule has 6 nitrogen and oxygen atoms in total. The van der Waals surface area contributed by atoms with E-state index in [9.17, 15) is 10.1 Å². The van der Waals surface area contributed by atoms with E-state index in [0.29, 0.717) is 12.4 Å². The van der Waals surface area contributed by atoms with Crippen molar-refractivity contribution in [3.63, 3.8) is 0 Å². The molecule has 0 atom stereocenters. The van der Waals surface area contributed by atoms with Gasteiger partial charge in [-0.3, -0.25) is 10.1 Å². The Morgan fingerprint density at radius 1 is 1.33 bits per heavy atom. The van der Waals surface area contributed by atoms with Gasteiger partial charge in [-0.15, -0.1) is 0 Å². The maximum Gasteiger partial charge on any atom is 0.314 e. The highest BCUT2D eigenvalue weighted by molar-refractivity contribution is 5.50. The number of nitro benzene ring substituents is 1. The minimum Gasteiger partial charge on any atom is -0.493 e. The van der Waals surface area contributed by atoms with E-state index in [2.05, 4.69) is 0 Å². The Morgan fingerprint density at radius 3 is 2.72 bits per heavy atom. The van der Waals surface area contributed by atoms with E-state index in [-0.39, 0.29) is 18.0 Å². The van der Waals surface area contributed by atoms with Crippen molar-refractivity contribution in [1.82, 2.24) is 0 Å². The minimum atomic E-state index is -0.503. The van der Waals surface area contributed by atoms with Crippen LogP contribution in [0.5, 0.6) is 11.5 Å². The minimum absolute atomic E-state index is 0.106. The Bertz CT molecular complexity index is 394. The third kappa shape index (κ3) is 4.21. The van der Waals surface area contributed by atoms with E-state index in [1.165, 1.54) is 19.2 Å². The molecule has 0 radical (unpaired) electrons. The summed E-state index contributed by atoms with van der Waals surface area (Å²) in [5.41, 5.74) is -0.106. The summed E-state index contributed by atoms with van der Waals surface area (Å²) < 4.78 is 10.3. The highest BCUT2D eigenvalue weighted by Gasteiger charge is 2.15. The van der Waals surface area contributed by atoms with E-state index >= 15 is 0 Å². The van der Waals surface area contributed by atoms with Crippen LogP contribution >= 0.6 is 0 Å². The number of rotatable bonds is 8. The van der Waals surface area contributed by atoms with Crippen molar-refractivity contribution < 1.29 is 19.5 Å². The fraction of sp³-hybridized carbons (Fsp3) is 0.500. The van der Waals surface area contributed by atoms with E-state index in [1.54, 1.807) is 6.07 Å². The van der Waals surface area contributed by atoms with Gasteiger partial charge in [0.15, 0.2) is 5.75 Å². The number of nitro groups is 1. The molecular weight excluding hydrogens is 238 g/mol. The normalized spacial score (nSPS) is 10.1. The standard InChI is InChI=1S/C12H17NO5/c1-17-12-6-5-10(9-11(12)13(15)16)18-8-4-2-3-7-14/h5-6,9,14H,2-4,7-8H2,1H3. The van der Waals surface area contributed by atoms with Gasteiger partial charge in [0.1, 0.15) is 5.75 Å². The second-order valence-corrected chi connectivity index (χ2v) is 3.72. The monoisotopic (exact) mass is 255 g/mol. The summed E-state index contributed by atoms with van der Waals surface area (Å²) in [5, 5.41) is 19.4. The molecule has 1 N–H and O–H groups in total. The number of ether oxygens (including phenoxy) is 2. The van der Waals surface area contributed by atoms with E-state index in [1.807, 2.05) is 0 Å². The third-order valence-electron chi connectivity index (χ3n) is 2.42. The summed E-state index contributed by atoms with van der Waals surface area (Å²) in [4.78, 5) is 10.3. The first-order chi connectivity index (χ1) is 8.69. The van der Waals surface area contributed by atoms with Crippen LogP contribution in [0.3, 0.4) is 0 Å². The molecule has 0 fully saturated rings. The van der Waals surface area contributed by atoms with E-state index < -0.39 is 4.92 Å². The van der Waals surface area contributed by atoms with Gasteiger partial charge in [-0.2, -0.15) is 0 Å². The van der Waals surface area contributed by atoms with Crippen molar-refractivity contribution >= 4 is 5.69 Å². The highest BCUT2D eigenvalue weighted by atomic mass is 16.6. The van der Waals surface area contributed by atoms with Crippen LogP contribution in [0.2, 0.25) is 0 Å². The van der Waals surface area contributed by atoms with Crippen LogP contribution in [0.4, 0.5) is 5.69 Å². The molecule has 0 aliphatic carbocycles. The number of aliphatic hydroxyl groups excluding tert-OH is 1. The average Bonchev–Trinajstić information content (AvgIpc) is 2.38. The first kappa shape index (κ1) is 14.2. The van der Waals surface area contributed by atoms with Crippen LogP contribution in [0.15, 0.2) is 18.2 Å². The van der Waals surface area contributed by atoms with Crippen molar-refractivity contribution in [1.29, 1.82) is 0 Å². The quantitative estimate of drug-likeness (QED) is 0.437. The number of aliphatic hydroxyl groups is 1. The van der Waals surface area contributed by atoms with Crippen molar-refractivity contribution in [3.05, 3.63) is 28.3 Å². The molecule has 1 aromatic rings. The zero-order valence-electron chi connectivity index (χ0n) is 10.3. The largest absolute Gasteiger partial charge is 0.493 e. The van der Waals surface area contributed by atoms with Crippen LogP contribution in [0, 0.1) is 10.1 Å². The van der Waals surface area contributed by atoms with Crippen LogP contribution in [-0.2, 0) is 0 Å². The second kappa shape index (κ2) is 7.50. The highest BCUT2D eigenvalue weighted by Crippen LogP contribution is 2.30. The molecule has 0 amide bonds. The second-order valence-electron chi connectivity index (χ2n) is 3.72. The summed E-state index contributed by atoms with van der Waals surface area (Å²) >= 11 is 0. The summed E-state index contributed by atoms with van der Waals surface area (Å²) in [6.07, 6.45) is 2.42. The lowest BCUT2D eigenvalue weighted by Crippen LogP contribution is -1.99. The third-order valence-corrected chi connectivity index (χ3v) is 2.42. The van der Waals surface area contributed by atoms with Gasteiger partial charge < -0.3 is 14.6 Å². The van der Waals surface area contributed by atoms with Gasteiger partial charge in [-0.25, -0.2) is 0 Å². The van der Waals surface area contributed by atoms with Crippen LogP contribution in [0.25, 0.3) is 0 Å². The summed E-state index contributed by atoms with van der Waals surface area (Å²) in [5.74, 6) is 0.666. The van der Waals surface area contributed by atoms with Crippen LogP contribution < -0.4 is 9.47 Å². The topological polar surface area (TPSA) is 81.8 Å². The predicted molar refractivity (Wildman–Crippen MR) is 66.1 cm³/mol. The molecule has 1 aromatic carbocycles. The van der Waals surface area contributed by atoms with E-state index in [4.69, 9.17) is 14.6 Å². The molecule has 0 aromatic heterocycles. The molecule has 0 aliphatic rings. The molecule has 0 aliphatic heterocycles. The van der Waals surface area contributed by atoms with Crippen molar-refractivity contribution in [2.45, 2.75) is 19.3 Å². The predicted octanol–water partition coefficient (Wildman–Crippen LogP) is 2.14. The molecule has 0 heterocycles. The zero-order valence-corrected chi connectivity index (χ0v) is 10.3. The van der Waals surface area contributed by atoms with Gasteiger partial charge in [0.05, 0.1) is 24.7 Å². The van der Waals surface area contributed by atoms with Gasteiger partial charge >= 0.3 is 5.69 Å². The van der Waals surface area contributed by atoms with Crippen LogP contribution in [0.1, 0.15) is 19.3 Å². The summed E-state index contributed by atoms with van der Waals surface area (Å²) in [7, 11) is 1.39. The number of methoxy groups -OCH3 is 1. The van der Waals surface area contributed by atoms with Gasteiger partial charge in [-0.1, -0.05) is 0 Å². The molecule has 6 heteroatoms. The fourth-order valence-corrected chi connectivity index (χ4v) is 1.48. The zero-order chi connectivity index (χ0) is 13.4. The summed E-state index contributed by atoms with van der Waals surface area (Å²) in [6, 6.07) is 4.50. The molecule has 1 rings (SSSR count). The Kier molecular flexibility index (Phi) is 5.93. The van der Waals surface area contributed by atoms with Crippen molar-refractivity contribution in [2.75, 3.05) is 20.3 Å². The molecule has 0 saturated carbocycles. The maximum absolute atomic E-state index is 10.8. The van der Waals surface area contributed by atoms with Crippen molar-refractivity contribution in [2.24, 2.45) is 0 Å². The first-order valence-corrected chi connectivity index (χ1v) is 5.75. The lowest BCUT2D eigenvalue weighted by atomic mass is 10.2. The molecular formula is C12H17NO5. The lowest BCUT2D eigenvalue weighted by molar-refractivity contribution is -0.385. The van der Waals surface area contributed by atoms with Crippen molar-refractivity contribution in [3.8, 4) is 11.5 Å².